The van der Waals surface area contributed by atoms with Gasteiger partial charge < -0.3 is 0 Å². The lowest BCUT2D eigenvalue weighted by Crippen LogP contribution is -1.92. The van der Waals surface area contributed by atoms with Crippen molar-refractivity contribution in [3.05, 3.63) is 35.2 Å². The molecule has 0 radical (unpaired) electrons. The molecule has 0 spiro atoms. The van der Waals surface area contributed by atoms with Crippen molar-refractivity contribution >= 4 is 21.4 Å². The molecule has 3 heteroatoms. The van der Waals surface area contributed by atoms with Gasteiger partial charge >= 0.3 is 0 Å². The van der Waals surface area contributed by atoms with E-state index in [0.29, 0.717) is 0 Å². The third kappa shape index (κ3) is 1.86. The summed E-state index contributed by atoms with van der Waals surface area (Å²) in [6.45, 7) is 0. The SMILES string of the molecule is FC(F)Cc1cc2ccccc2s1. The number of hydrogen-bond acceptors (Lipinski definition) is 1. The minimum atomic E-state index is -2.24. The molecule has 1 aromatic heterocycles. The van der Waals surface area contributed by atoms with Crippen LogP contribution in [0.5, 0.6) is 0 Å². The first kappa shape index (κ1) is 8.63. The molecular weight excluding hydrogens is 190 g/mol. The Bertz CT molecular complexity index is 373. The molecule has 0 fully saturated rings. The predicted molar refractivity (Wildman–Crippen MR) is 51.5 cm³/mol. The van der Waals surface area contributed by atoms with Gasteiger partial charge in [0, 0.05) is 16.0 Å². The van der Waals surface area contributed by atoms with Crippen LogP contribution in [0.3, 0.4) is 0 Å². The fourth-order valence-corrected chi connectivity index (χ4v) is 2.36. The quantitative estimate of drug-likeness (QED) is 0.690. The summed E-state index contributed by atoms with van der Waals surface area (Å²) in [7, 11) is 0. The smallest absolute Gasteiger partial charge is 0.210 e. The maximum atomic E-state index is 12.1. The van der Waals surface area contributed by atoms with Crippen molar-refractivity contribution in [3.8, 4) is 0 Å². The molecule has 0 atom stereocenters. The molecule has 1 heterocycles. The van der Waals surface area contributed by atoms with Crippen molar-refractivity contribution in [2.45, 2.75) is 12.8 Å². The topological polar surface area (TPSA) is 0 Å². The zero-order chi connectivity index (χ0) is 9.26. The van der Waals surface area contributed by atoms with Gasteiger partial charge in [0.2, 0.25) is 6.43 Å². The Labute approximate surface area is 78.8 Å². The monoisotopic (exact) mass is 198 g/mol. The molecule has 0 unspecified atom stereocenters. The van der Waals surface area contributed by atoms with Gasteiger partial charge in [0.05, 0.1) is 0 Å². The summed E-state index contributed by atoms with van der Waals surface area (Å²) in [6.07, 6.45) is -2.37. The fraction of sp³-hybridized carbons (Fsp3) is 0.200. The van der Waals surface area contributed by atoms with E-state index in [0.717, 1.165) is 15.0 Å². The van der Waals surface area contributed by atoms with Gasteiger partial charge in [-0.05, 0) is 17.5 Å². The van der Waals surface area contributed by atoms with Gasteiger partial charge in [-0.15, -0.1) is 11.3 Å². The fourth-order valence-electron chi connectivity index (χ4n) is 1.29. The molecule has 0 saturated heterocycles. The predicted octanol–water partition coefficient (Wildman–Crippen LogP) is 3.71. The largest absolute Gasteiger partial charge is 0.243 e. The molecule has 68 valence electrons. The second-order valence-corrected chi connectivity index (χ2v) is 4.01. The Morgan fingerprint density at radius 2 is 2.00 bits per heavy atom. The normalized spacial score (nSPS) is 11.3. The highest BCUT2D eigenvalue weighted by Gasteiger charge is 2.07. The first-order valence-corrected chi connectivity index (χ1v) is 4.83. The number of fused-ring (bicyclic) bond motifs is 1. The molecule has 2 aromatic rings. The standard InChI is InChI=1S/C10H8F2S/c11-10(12)6-8-5-7-3-1-2-4-9(7)13-8/h1-5,10H,6H2. The molecule has 0 amide bonds. The first-order valence-electron chi connectivity index (χ1n) is 4.01. The van der Waals surface area contributed by atoms with E-state index in [9.17, 15) is 8.78 Å². The molecule has 13 heavy (non-hydrogen) atoms. The summed E-state index contributed by atoms with van der Waals surface area (Å²) in [6, 6.07) is 9.58. The lowest BCUT2D eigenvalue weighted by molar-refractivity contribution is 0.150. The van der Waals surface area contributed by atoms with E-state index in [1.165, 1.54) is 11.3 Å². The average molecular weight is 198 g/mol. The molecule has 0 bridgehead atoms. The molecule has 0 saturated carbocycles. The van der Waals surface area contributed by atoms with Crippen LogP contribution in [0.4, 0.5) is 8.78 Å². The van der Waals surface area contributed by atoms with E-state index in [1.807, 2.05) is 30.3 Å². The summed E-state index contributed by atoms with van der Waals surface area (Å²) in [4.78, 5) is 0.760. The Morgan fingerprint density at radius 1 is 1.23 bits per heavy atom. The van der Waals surface area contributed by atoms with Gasteiger partial charge in [0.1, 0.15) is 0 Å². The minimum Gasteiger partial charge on any atom is -0.210 e. The number of thiophene rings is 1. The number of alkyl halides is 2. The van der Waals surface area contributed by atoms with Crippen molar-refractivity contribution in [1.29, 1.82) is 0 Å². The number of rotatable bonds is 2. The van der Waals surface area contributed by atoms with Crippen LogP contribution in [0.2, 0.25) is 0 Å². The summed E-state index contributed by atoms with van der Waals surface area (Å²) >= 11 is 1.45. The third-order valence-electron chi connectivity index (χ3n) is 1.83. The van der Waals surface area contributed by atoms with E-state index in [-0.39, 0.29) is 6.42 Å². The van der Waals surface area contributed by atoms with Crippen molar-refractivity contribution in [2.75, 3.05) is 0 Å². The molecule has 0 nitrogen and oxygen atoms in total. The van der Waals surface area contributed by atoms with Crippen LogP contribution < -0.4 is 0 Å². The number of hydrogen-bond donors (Lipinski definition) is 0. The van der Waals surface area contributed by atoms with Gasteiger partial charge in [-0.2, -0.15) is 0 Å². The summed E-state index contributed by atoms with van der Waals surface area (Å²) < 4.78 is 25.2. The first-order chi connectivity index (χ1) is 6.25. The lowest BCUT2D eigenvalue weighted by atomic mass is 10.2. The van der Waals surface area contributed by atoms with Crippen LogP contribution in [0.25, 0.3) is 10.1 Å². The van der Waals surface area contributed by atoms with Crippen LogP contribution in [0.1, 0.15) is 4.88 Å². The van der Waals surface area contributed by atoms with Crippen LogP contribution in [-0.4, -0.2) is 6.43 Å². The highest BCUT2D eigenvalue weighted by atomic mass is 32.1. The van der Waals surface area contributed by atoms with E-state index >= 15 is 0 Å². The van der Waals surface area contributed by atoms with Gasteiger partial charge in [0.25, 0.3) is 0 Å². The zero-order valence-corrected chi connectivity index (χ0v) is 7.65. The van der Waals surface area contributed by atoms with Gasteiger partial charge in [-0.1, -0.05) is 18.2 Å². The Hall–Kier alpha value is -0.960. The van der Waals surface area contributed by atoms with Crippen molar-refractivity contribution in [1.82, 2.24) is 0 Å². The van der Waals surface area contributed by atoms with Crippen molar-refractivity contribution < 1.29 is 8.78 Å². The van der Waals surface area contributed by atoms with E-state index in [2.05, 4.69) is 0 Å². The highest BCUT2D eigenvalue weighted by molar-refractivity contribution is 7.19. The van der Waals surface area contributed by atoms with Gasteiger partial charge in [-0.25, -0.2) is 8.78 Å². The van der Waals surface area contributed by atoms with Crippen LogP contribution in [-0.2, 0) is 6.42 Å². The molecule has 0 N–H and O–H groups in total. The van der Waals surface area contributed by atoms with Gasteiger partial charge in [-0.3, -0.25) is 0 Å². The zero-order valence-electron chi connectivity index (χ0n) is 6.84. The molecule has 0 aliphatic rings. The maximum absolute atomic E-state index is 12.1. The Morgan fingerprint density at radius 3 is 2.69 bits per heavy atom. The number of benzene rings is 1. The molecule has 2 rings (SSSR count). The Balaban J connectivity index is 2.38. The van der Waals surface area contributed by atoms with Crippen molar-refractivity contribution in [3.63, 3.8) is 0 Å². The third-order valence-corrected chi connectivity index (χ3v) is 2.97. The van der Waals surface area contributed by atoms with E-state index < -0.39 is 6.43 Å². The van der Waals surface area contributed by atoms with Crippen LogP contribution >= 0.6 is 11.3 Å². The maximum Gasteiger partial charge on any atom is 0.243 e. The van der Waals surface area contributed by atoms with Crippen LogP contribution in [0, 0.1) is 0 Å². The summed E-state index contributed by atoms with van der Waals surface area (Å²) in [5, 5.41) is 1.06. The summed E-state index contributed by atoms with van der Waals surface area (Å²) in [5.74, 6) is 0. The minimum absolute atomic E-state index is 0.126. The van der Waals surface area contributed by atoms with Crippen LogP contribution in [0.15, 0.2) is 30.3 Å². The summed E-state index contributed by atoms with van der Waals surface area (Å²) in [5.41, 5.74) is 0. The molecule has 0 aliphatic heterocycles. The molecular formula is C10H8F2S. The average Bonchev–Trinajstić information content (AvgIpc) is 2.44. The lowest BCUT2D eigenvalue weighted by Gasteiger charge is -1.91. The van der Waals surface area contributed by atoms with E-state index in [4.69, 9.17) is 0 Å². The highest BCUT2D eigenvalue weighted by Crippen LogP contribution is 2.26. The Kier molecular flexibility index (Phi) is 2.27. The van der Waals surface area contributed by atoms with E-state index in [1.54, 1.807) is 0 Å². The number of halogens is 2. The second-order valence-electron chi connectivity index (χ2n) is 2.85. The molecule has 0 aliphatic carbocycles. The van der Waals surface area contributed by atoms with Gasteiger partial charge in [0.15, 0.2) is 0 Å². The molecule has 1 aromatic carbocycles. The van der Waals surface area contributed by atoms with Crippen molar-refractivity contribution in [2.24, 2.45) is 0 Å². The second kappa shape index (κ2) is 3.42.